The van der Waals surface area contributed by atoms with Crippen molar-refractivity contribution in [2.75, 3.05) is 11.9 Å². The minimum Gasteiger partial charge on any atom is -0.360 e. The molecule has 6 heteroatoms. The Kier molecular flexibility index (Phi) is 4.87. The number of hydrogen-bond donors (Lipinski definition) is 1. The van der Waals surface area contributed by atoms with Gasteiger partial charge in [0.2, 0.25) is 5.13 Å². The molecule has 0 saturated carbocycles. The number of aryl methyl sites for hydroxylation is 1. The van der Waals surface area contributed by atoms with Crippen molar-refractivity contribution in [2.24, 2.45) is 0 Å². The molecular weight excluding hydrogens is 276 g/mol. The number of nitrogens with one attached hydrogen (secondary N) is 1. The van der Waals surface area contributed by atoms with Gasteiger partial charge in [-0.1, -0.05) is 39.0 Å². The molecule has 104 valence electrons. The second kappa shape index (κ2) is 6.43. The van der Waals surface area contributed by atoms with E-state index in [1.807, 2.05) is 0 Å². The fourth-order valence-electron chi connectivity index (χ4n) is 1.64. The van der Waals surface area contributed by atoms with Gasteiger partial charge in [-0.3, -0.25) is 0 Å². The number of nitrogens with zero attached hydrogens (tertiary/aromatic N) is 3. The van der Waals surface area contributed by atoms with Gasteiger partial charge in [0.15, 0.2) is 5.01 Å². The first-order valence-corrected chi connectivity index (χ1v) is 8.36. The third-order valence-electron chi connectivity index (χ3n) is 2.69. The molecule has 0 radical (unpaired) electrons. The van der Waals surface area contributed by atoms with E-state index in [0.717, 1.165) is 35.2 Å². The van der Waals surface area contributed by atoms with Gasteiger partial charge in [0, 0.05) is 12.5 Å². The first kappa shape index (κ1) is 14.4. The van der Waals surface area contributed by atoms with Crippen LogP contribution >= 0.6 is 22.7 Å². The standard InChI is InChI=1S/C13H20N4S2/c1-5-7-14-13-17-16-12(19-13)10-9(6-2)15-11(18-10)8(3)4/h8H,5-7H2,1-4H3,(H,14,17). The highest BCUT2D eigenvalue weighted by Gasteiger charge is 2.17. The zero-order chi connectivity index (χ0) is 13.8. The normalized spacial score (nSPS) is 11.2. The maximum atomic E-state index is 4.71. The minimum atomic E-state index is 0.467. The summed E-state index contributed by atoms with van der Waals surface area (Å²) in [7, 11) is 0. The number of rotatable bonds is 6. The Balaban J connectivity index is 2.27. The quantitative estimate of drug-likeness (QED) is 0.869. The van der Waals surface area contributed by atoms with Crippen molar-refractivity contribution < 1.29 is 0 Å². The maximum absolute atomic E-state index is 4.71. The Morgan fingerprint density at radius 1 is 1.16 bits per heavy atom. The summed E-state index contributed by atoms with van der Waals surface area (Å²) in [5.41, 5.74) is 1.15. The third-order valence-corrected chi connectivity index (χ3v) is 5.12. The molecule has 1 N–H and O–H groups in total. The maximum Gasteiger partial charge on any atom is 0.206 e. The van der Waals surface area contributed by atoms with Crippen molar-refractivity contribution in [2.45, 2.75) is 46.5 Å². The Morgan fingerprint density at radius 3 is 2.58 bits per heavy atom. The molecule has 0 unspecified atom stereocenters. The molecule has 4 nitrogen and oxygen atoms in total. The van der Waals surface area contributed by atoms with Gasteiger partial charge in [-0.2, -0.15) is 0 Å². The summed E-state index contributed by atoms with van der Waals surface area (Å²) in [4.78, 5) is 5.90. The van der Waals surface area contributed by atoms with Crippen LogP contribution in [0, 0.1) is 0 Å². The van der Waals surface area contributed by atoms with Crippen LogP contribution in [0.2, 0.25) is 0 Å². The molecule has 19 heavy (non-hydrogen) atoms. The molecule has 0 amide bonds. The first-order valence-electron chi connectivity index (χ1n) is 6.73. The van der Waals surface area contributed by atoms with Crippen molar-refractivity contribution in [3.63, 3.8) is 0 Å². The van der Waals surface area contributed by atoms with Crippen molar-refractivity contribution in [3.8, 4) is 9.88 Å². The number of thiazole rings is 1. The topological polar surface area (TPSA) is 50.7 Å². The molecule has 0 saturated heterocycles. The van der Waals surface area contributed by atoms with Gasteiger partial charge in [0.1, 0.15) is 0 Å². The smallest absolute Gasteiger partial charge is 0.206 e. The van der Waals surface area contributed by atoms with Gasteiger partial charge in [0.05, 0.1) is 15.6 Å². The van der Waals surface area contributed by atoms with Crippen LogP contribution in [-0.4, -0.2) is 21.7 Å². The average Bonchev–Trinajstić information content (AvgIpc) is 3.02. The third kappa shape index (κ3) is 3.30. The molecule has 0 aliphatic rings. The van der Waals surface area contributed by atoms with Crippen LogP contribution in [0.15, 0.2) is 0 Å². The van der Waals surface area contributed by atoms with Gasteiger partial charge >= 0.3 is 0 Å². The van der Waals surface area contributed by atoms with Crippen LogP contribution in [0.3, 0.4) is 0 Å². The van der Waals surface area contributed by atoms with E-state index in [1.54, 1.807) is 22.7 Å². The zero-order valence-electron chi connectivity index (χ0n) is 11.9. The summed E-state index contributed by atoms with van der Waals surface area (Å²) in [5.74, 6) is 0.467. The highest BCUT2D eigenvalue weighted by Crippen LogP contribution is 2.36. The minimum absolute atomic E-state index is 0.467. The number of anilines is 1. The van der Waals surface area contributed by atoms with E-state index in [2.05, 4.69) is 43.2 Å². The zero-order valence-corrected chi connectivity index (χ0v) is 13.5. The summed E-state index contributed by atoms with van der Waals surface area (Å²) in [6.07, 6.45) is 2.03. The SMILES string of the molecule is CCCNc1nnc(-c2sc(C(C)C)nc2CC)s1. The van der Waals surface area contributed by atoms with E-state index in [1.165, 1.54) is 9.88 Å². The molecule has 0 fully saturated rings. The Morgan fingerprint density at radius 2 is 1.95 bits per heavy atom. The fourth-order valence-corrected chi connectivity index (χ4v) is 3.66. The summed E-state index contributed by atoms with van der Waals surface area (Å²) in [6, 6.07) is 0. The van der Waals surface area contributed by atoms with E-state index >= 15 is 0 Å². The lowest BCUT2D eigenvalue weighted by atomic mass is 10.2. The lowest BCUT2D eigenvalue weighted by molar-refractivity contribution is 0.840. The molecule has 0 aliphatic carbocycles. The molecule has 0 aliphatic heterocycles. The van der Waals surface area contributed by atoms with E-state index < -0.39 is 0 Å². The molecule has 0 atom stereocenters. The van der Waals surface area contributed by atoms with Crippen molar-refractivity contribution in [1.29, 1.82) is 0 Å². The Bertz CT molecular complexity index is 530. The summed E-state index contributed by atoms with van der Waals surface area (Å²) < 4.78 is 0. The van der Waals surface area contributed by atoms with Crippen LogP contribution in [-0.2, 0) is 6.42 Å². The van der Waals surface area contributed by atoms with Gasteiger partial charge < -0.3 is 5.32 Å². The van der Waals surface area contributed by atoms with Crippen molar-refractivity contribution in [1.82, 2.24) is 15.2 Å². The fraction of sp³-hybridized carbons (Fsp3) is 0.615. The number of hydrogen-bond acceptors (Lipinski definition) is 6. The van der Waals surface area contributed by atoms with Crippen molar-refractivity contribution >= 4 is 27.8 Å². The molecular formula is C13H20N4S2. The number of aromatic nitrogens is 3. The van der Waals surface area contributed by atoms with Gasteiger partial charge in [0.25, 0.3) is 0 Å². The van der Waals surface area contributed by atoms with Crippen LogP contribution in [0.1, 0.15) is 50.7 Å². The molecule has 2 aromatic rings. The second-order valence-corrected chi connectivity index (χ2v) is 6.68. The van der Waals surface area contributed by atoms with Crippen LogP contribution in [0.5, 0.6) is 0 Å². The Labute approximate surface area is 122 Å². The molecule has 0 bridgehead atoms. The highest BCUT2D eigenvalue weighted by molar-refractivity contribution is 7.23. The van der Waals surface area contributed by atoms with E-state index in [0.29, 0.717) is 5.92 Å². The van der Waals surface area contributed by atoms with Crippen LogP contribution < -0.4 is 5.32 Å². The molecule has 2 aromatic heterocycles. The van der Waals surface area contributed by atoms with Gasteiger partial charge in [-0.05, 0) is 12.8 Å². The Hall–Kier alpha value is -1.01. The van der Waals surface area contributed by atoms with E-state index in [4.69, 9.17) is 4.98 Å². The average molecular weight is 296 g/mol. The second-order valence-electron chi connectivity index (χ2n) is 4.68. The molecule has 2 heterocycles. The summed E-state index contributed by atoms with van der Waals surface area (Å²) in [5, 5.41) is 14.8. The van der Waals surface area contributed by atoms with Crippen LogP contribution in [0.25, 0.3) is 9.88 Å². The highest BCUT2D eigenvalue weighted by atomic mass is 32.1. The first-order chi connectivity index (χ1) is 9.15. The molecule has 2 rings (SSSR count). The van der Waals surface area contributed by atoms with Gasteiger partial charge in [-0.15, -0.1) is 21.5 Å². The summed E-state index contributed by atoms with van der Waals surface area (Å²) >= 11 is 3.37. The monoisotopic (exact) mass is 296 g/mol. The van der Waals surface area contributed by atoms with E-state index in [9.17, 15) is 0 Å². The van der Waals surface area contributed by atoms with Crippen LogP contribution in [0.4, 0.5) is 5.13 Å². The van der Waals surface area contributed by atoms with E-state index in [-0.39, 0.29) is 0 Å². The predicted molar refractivity (Wildman–Crippen MR) is 83.3 cm³/mol. The predicted octanol–water partition coefficient (Wildman–Crippen LogP) is 4.17. The van der Waals surface area contributed by atoms with Crippen molar-refractivity contribution in [3.05, 3.63) is 10.7 Å². The molecule has 0 aromatic carbocycles. The lowest BCUT2D eigenvalue weighted by Gasteiger charge is -1.95. The largest absolute Gasteiger partial charge is 0.360 e. The lowest BCUT2D eigenvalue weighted by Crippen LogP contribution is -1.98. The summed E-state index contributed by atoms with van der Waals surface area (Å²) in [6.45, 7) is 9.57. The van der Waals surface area contributed by atoms with Gasteiger partial charge in [-0.25, -0.2) is 4.98 Å². The molecule has 0 spiro atoms.